The number of sulfonamides is 1. The molecule has 0 aromatic heterocycles. The number of hydrogen-bond acceptors (Lipinski definition) is 3. The molecule has 5 nitrogen and oxygen atoms in total. The molecule has 0 unspecified atom stereocenters. The number of carbonyl (C=O) groups excluding carboxylic acids is 1. The van der Waals surface area contributed by atoms with Gasteiger partial charge in [-0.05, 0) is 42.8 Å². The Kier molecular flexibility index (Phi) is 5.31. The Morgan fingerprint density at radius 3 is 2.35 bits per heavy atom. The number of nitrogens with zero attached hydrogens (tertiary/aromatic N) is 1. The van der Waals surface area contributed by atoms with Crippen LogP contribution >= 0.6 is 0 Å². The zero-order chi connectivity index (χ0) is 19.7. The van der Waals surface area contributed by atoms with Gasteiger partial charge < -0.3 is 5.32 Å². The predicted molar refractivity (Wildman–Crippen MR) is 93.8 cm³/mol. The highest BCUT2D eigenvalue weighted by atomic mass is 32.2. The molecule has 0 saturated carbocycles. The summed E-state index contributed by atoms with van der Waals surface area (Å²) in [6.45, 7) is 1.69. The van der Waals surface area contributed by atoms with E-state index in [0.717, 1.165) is 22.7 Å². The minimum Gasteiger partial charge on any atom is -0.322 e. The maximum Gasteiger partial charge on any atom is 0.416 e. The number of benzene rings is 2. The first-order valence-electron chi connectivity index (χ1n) is 7.43. The Morgan fingerprint density at radius 2 is 1.77 bits per heavy atom. The third-order valence-electron chi connectivity index (χ3n) is 3.76. The van der Waals surface area contributed by atoms with Crippen LogP contribution in [-0.2, 0) is 16.2 Å². The van der Waals surface area contributed by atoms with Gasteiger partial charge in [-0.3, -0.25) is 9.10 Å². The van der Waals surface area contributed by atoms with Crippen molar-refractivity contribution in [1.82, 2.24) is 0 Å². The van der Waals surface area contributed by atoms with Crippen LogP contribution in [0.15, 0.2) is 42.5 Å². The number of rotatable bonds is 4. The summed E-state index contributed by atoms with van der Waals surface area (Å²) in [5.74, 6) is -0.646. The van der Waals surface area contributed by atoms with E-state index in [-0.39, 0.29) is 11.3 Å². The highest BCUT2D eigenvalue weighted by molar-refractivity contribution is 7.92. The summed E-state index contributed by atoms with van der Waals surface area (Å²) in [5.41, 5.74) is 0.177. The average Bonchev–Trinajstić information content (AvgIpc) is 2.53. The van der Waals surface area contributed by atoms with Gasteiger partial charge in [-0.25, -0.2) is 8.42 Å². The van der Waals surface area contributed by atoms with Gasteiger partial charge in [-0.1, -0.05) is 12.1 Å². The van der Waals surface area contributed by atoms with Crippen molar-refractivity contribution in [2.45, 2.75) is 13.1 Å². The minimum atomic E-state index is -4.52. The van der Waals surface area contributed by atoms with Gasteiger partial charge in [-0.2, -0.15) is 13.2 Å². The van der Waals surface area contributed by atoms with Crippen LogP contribution in [0.4, 0.5) is 24.5 Å². The van der Waals surface area contributed by atoms with Gasteiger partial charge in [0, 0.05) is 18.3 Å². The normalized spacial score (nSPS) is 11.9. The van der Waals surface area contributed by atoms with E-state index in [1.807, 2.05) is 0 Å². The third kappa shape index (κ3) is 4.54. The Balaban J connectivity index is 2.31. The Bertz CT molecular complexity index is 941. The fraction of sp³-hybridized carbons (Fsp3) is 0.235. The lowest BCUT2D eigenvalue weighted by Gasteiger charge is -2.19. The summed E-state index contributed by atoms with van der Waals surface area (Å²) in [4.78, 5) is 12.4. The molecule has 1 N–H and O–H groups in total. The van der Waals surface area contributed by atoms with E-state index in [4.69, 9.17) is 0 Å². The Morgan fingerprint density at radius 1 is 1.12 bits per heavy atom. The largest absolute Gasteiger partial charge is 0.416 e. The topological polar surface area (TPSA) is 66.5 Å². The van der Waals surface area contributed by atoms with Crippen LogP contribution < -0.4 is 9.62 Å². The lowest BCUT2D eigenvalue weighted by molar-refractivity contribution is -0.137. The average molecular weight is 386 g/mol. The highest BCUT2D eigenvalue weighted by Crippen LogP contribution is 2.31. The smallest absolute Gasteiger partial charge is 0.322 e. The van der Waals surface area contributed by atoms with Crippen LogP contribution in [0.2, 0.25) is 0 Å². The molecule has 0 saturated heterocycles. The van der Waals surface area contributed by atoms with Gasteiger partial charge in [-0.15, -0.1) is 0 Å². The van der Waals surface area contributed by atoms with Crippen molar-refractivity contribution in [3.8, 4) is 0 Å². The molecule has 9 heteroatoms. The van der Waals surface area contributed by atoms with E-state index in [1.54, 1.807) is 13.0 Å². The van der Waals surface area contributed by atoms with Gasteiger partial charge in [0.15, 0.2) is 0 Å². The van der Waals surface area contributed by atoms with Crippen molar-refractivity contribution in [3.05, 3.63) is 59.2 Å². The van der Waals surface area contributed by atoms with Crippen LogP contribution in [-0.4, -0.2) is 27.6 Å². The van der Waals surface area contributed by atoms with Gasteiger partial charge >= 0.3 is 6.18 Å². The molecule has 2 rings (SSSR count). The van der Waals surface area contributed by atoms with Crippen molar-refractivity contribution in [2.75, 3.05) is 22.9 Å². The molecule has 2 aromatic rings. The van der Waals surface area contributed by atoms with Crippen LogP contribution in [0.25, 0.3) is 0 Å². The van der Waals surface area contributed by atoms with Crippen LogP contribution in [0.1, 0.15) is 21.5 Å². The predicted octanol–water partition coefficient (Wildman–Crippen LogP) is 3.66. The molecule has 0 heterocycles. The van der Waals surface area contributed by atoms with E-state index in [9.17, 15) is 26.4 Å². The maximum atomic E-state index is 12.8. The zero-order valence-electron chi connectivity index (χ0n) is 14.3. The standard InChI is InChI=1S/C17H17F3N2O3S/c1-11-7-8-12(9-15(11)22(2)26(3,24)25)16(23)21-14-6-4-5-13(10-14)17(18,19)20/h4-10H,1-3H3,(H,21,23). The molecular formula is C17H17F3N2O3S. The summed E-state index contributed by atoms with van der Waals surface area (Å²) in [6.07, 6.45) is -3.49. The summed E-state index contributed by atoms with van der Waals surface area (Å²) in [7, 11) is -2.17. The molecule has 0 fully saturated rings. The number of halogens is 3. The number of nitrogens with one attached hydrogen (secondary N) is 1. The Hall–Kier alpha value is -2.55. The minimum absolute atomic E-state index is 0.0107. The molecule has 26 heavy (non-hydrogen) atoms. The summed E-state index contributed by atoms with van der Waals surface area (Å²) in [5, 5.41) is 2.39. The molecule has 1 amide bonds. The summed E-state index contributed by atoms with van der Waals surface area (Å²) in [6, 6.07) is 8.67. The first-order chi connectivity index (χ1) is 11.9. The lowest BCUT2D eigenvalue weighted by Crippen LogP contribution is -2.26. The van der Waals surface area contributed by atoms with E-state index in [1.165, 1.54) is 31.3 Å². The highest BCUT2D eigenvalue weighted by Gasteiger charge is 2.30. The SMILES string of the molecule is Cc1ccc(C(=O)Nc2cccc(C(F)(F)F)c2)cc1N(C)S(C)(=O)=O. The number of amides is 1. The molecule has 0 aliphatic rings. The van der Waals surface area contributed by atoms with Gasteiger partial charge in [0.25, 0.3) is 5.91 Å². The molecule has 0 atom stereocenters. The third-order valence-corrected chi connectivity index (χ3v) is 4.95. The van der Waals surface area contributed by atoms with Crippen LogP contribution in [0.5, 0.6) is 0 Å². The van der Waals surface area contributed by atoms with Gasteiger partial charge in [0.2, 0.25) is 10.0 Å². The second-order valence-corrected chi connectivity index (χ2v) is 7.78. The van der Waals surface area contributed by atoms with Crippen molar-refractivity contribution in [3.63, 3.8) is 0 Å². The monoisotopic (exact) mass is 386 g/mol. The van der Waals surface area contributed by atoms with Crippen molar-refractivity contribution in [1.29, 1.82) is 0 Å². The quantitative estimate of drug-likeness (QED) is 0.872. The molecule has 140 valence electrons. The molecule has 2 aromatic carbocycles. The van der Waals surface area contributed by atoms with E-state index in [2.05, 4.69) is 5.32 Å². The maximum absolute atomic E-state index is 12.8. The second kappa shape index (κ2) is 6.99. The number of alkyl halides is 3. The zero-order valence-corrected chi connectivity index (χ0v) is 15.1. The summed E-state index contributed by atoms with van der Waals surface area (Å²) >= 11 is 0. The molecule has 0 aliphatic heterocycles. The first-order valence-corrected chi connectivity index (χ1v) is 9.27. The lowest BCUT2D eigenvalue weighted by atomic mass is 10.1. The van der Waals surface area contributed by atoms with Crippen molar-refractivity contribution >= 4 is 27.3 Å². The van der Waals surface area contributed by atoms with Gasteiger partial charge in [0.1, 0.15) is 0 Å². The Labute approximate surface area is 149 Å². The van der Waals surface area contributed by atoms with Crippen molar-refractivity contribution in [2.24, 2.45) is 0 Å². The van der Waals surface area contributed by atoms with Crippen LogP contribution in [0, 0.1) is 6.92 Å². The van der Waals surface area contributed by atoms with E-state index < -0.39 is 27.7 Å². The molecule has 0 radical (unpaired) electrons. The number of carbonyl (C=O) groups is 1. The molecule has 0 aliphatic carbocycles. The fourth-order valence-corrected chi connectivity index (χ4v) is 2.80. The molecular weight excluding hydrogens is 369 g/mol. The van der Waals surface area contributed by atoms with E-state index in [0.29, 0.717) is 11.3 Å². The molecule has 0 bridgehead atoms. The number of anilines is 2. The van der Waals surface area contributed by atoms with Crippen LogP contribution in [0.3, 0.4) is 0 Å². The fourth-order valence-electron chi connectivity index (χ4n) is 2.25. The number of aryl methyl sites for hydroxylation is 1. The first kappa shape index (κ1) is 19.8. The summed E-state index contributed by atoms with van der Waals surface area (Å²) < 4.78 is 62.7. The van der Waals surface area contributed by atoms with E-state index >= 15 is 0 Å². The second-order valence-electron chi connectivity index (χ2n) is 5.76. The molecule has 0 spiro atoms. The van der Waals surface area contributed by atoms with Gasteiger partial charge in [0.05, 0.1) is 17.5 Å². The number of hydrogen-bond donors (Lipinski definition) is 1. The van der Waals surface area contributed by atoms with Crippen molar-refractivity contribution < 1.29 is 26.4 Å².